The topological polar surface area (TPSA) is 58.6 Å². The first-order valence-corrected chi connectivity index (χ1v) is 9.23. The molecule has 2 amide bonds. The van der Waals surface area contributed by atoms with Gasteiger partial charge in [0.05, 0.1) is 6.61 Å². The highest BCUT2D eigenvalue weighted by atomic mass is 19.1. The number of rotatable bonds is 3. The first-order valence-electron chi connectivity index (χ1n) is 9.23. The van der Waals surface area contributed by atoms with E-state index in [2.05, 4.69) is 5.32 Å². The minimum atomic E-state index is -0.857. The van der Waals surface area contributed by atoms with Crippen LogP contribution in [0, 0.1) is 11.6 Å². The van der Waals surface area contributed by atoms with Crippen molar-refractivity contribution in [3.05, 3.63) is 35.4 Å². The molecule has 1 spiro atoms. The summed E-state index contributed by atoms with van der Waals surface area (Å²) in [5.41, 5.74) is -0.953. The molecule has 140 valence electrons. The summed E-state index contributed by atoms with van der Waals surface area (Å²) in [5.74, 6) is -2.44. The highest BCUT2D eigenvalue weighted by Gasteiger charge is 2.53. The molecular formula is C19H22F2N2O3. The fraction of sp³-hybridized carbons (Fsp3) is 0.579. The van der Waals surface area contributed by atoms with E-state index < -0.39 is 29.3 Å². The van der Waals surface area contributed by atoms with Crippen molar-refractivity contribution in [3.8, 4) is 0 Å². The normalized spacial score (nSPS) is 24.7. The van der Waals surface area contributed by atoms with Gasteiger partial charge in [-0.25, -0.2) is 8.78 Å². The maximum atomic E-state index is 13.6. The molecule has 3 fully saturated rings. The van der Waals surface area contributed by atoms with Crippen molar-refractivity contribution in [3.63, 3.8) is 0 Å². The molecule has 2 saturated carbocycles. The van der Waals surface area contributed by atoms with Gasteiger partial charge >= 0.3 is 0 Å². The van der Waals surface area contributed by atoms with Crippen LogP contribution in [0.4, 0.5) is 8.78 Å². The van der Waals surface area contributed by atoms with Crippen LogP contribution in [-0.2, 0) is 9.53 Å². The van der Waals surface area contributed by atoms with Crippen LogP contribution in [0.3, 0.4) is 0 Å². The van der Waals surface area contributed by atoms with E-state index in [0.29, 0.717) is 12.8 Å². The Kier molecular flexibility index (Phi) is 4.42. The average molecular weight is 364 g/mol. The quantitative estimate of drug-likeness (QED) is 0.897. The number of ether oxygens (including phenoxy) is 1. The second-order valence-electron chi connectivity index (χ2n) is 7.45. The van der Waals surface area contributed by atoms with Crippen LogP contribution in [0.2, 0.25) is 0 Å². The SMILES string of the molecule is O=C(NC1CC1)[C@H]1COC2(CCCCC2)N1C(=O)c1cc(F)cc(F)c1. The molecule has 1 heterocycles. The van der Waals surface area contributed by atoms with Crippen LogP contribution in [0.1, 0.15) is 55.3 Å². The summed E-state index contributed by atoms with van der Waals surface area (Å²) in [5, 5.41) is 2.92. The molecule has 1 aromatic carbocycles. The molecule has 0 radical (unpaired) electrons. The maximum Gasteiger partial charge on any atom is 0.257 e. The minimum Gasteiger partial charge on any atom is -0.353 e. The van der Waals surface area contributed by atoms with E-state index in [0.717, 1.165) is 50.3 Å². The lowest BCUT2D eigenvalue weighted by Crippen LogP contribution is -2.56. The standard InChI is InChI=1S/C19H22F2N2O3/c20-13-8-12(9-14(21)10-13)18(25)23-16(17(24)22-15-4-5-15)11-26-19(23)6-2-1-3-7-19/h8-10,15-16H,1-7,11H2,(H,22,24)/t16-/m1/s1. The molecule has 1 aromatic rings. The number of hydrogen-bond acceptors (Lipinski definition) is 3. The molecule has 1 atom stereocenters. The zero-order valence-corrected chi connectivity index (χ0v) is 14.5. The molecule has 1 N–H and O–H groups in total. The van der Waals surface area contributed by atoms with Crippen LogP contribution in [0.15, 0.2) is 18.2 Å². The Labute approximate surface area is 150 Å². The van der Waals surface area contributed by atoms with E-state index in [4.69, 9.17) is 4.74 Å². The number of carbonyl (C=O) groups excluding carboxylic acids is 2. The van der Waals surface area contributed by atoms with Crippen LogP contribution < -0.4 is 5.32 Å². The fourth-order valence-electron chi connectivity index (χ4n) is 4.01. The predicted molar refractivity (Wildman–Crippen MR) is 89.2 cm³/mol. The van der Waals surface area contributed by atoms with Gasteiger partial charge in [0.2, 0.25) is 5.91 Å². The minimum absolute atomic E-state index is 0.0952. The molecule has 1 aliphatic heterocycles. The van der Waals surface area contributed by atoms with Gasteiger partial charge in [-0.3, -0.25) is 14.5 Å². The number of amides is 2. The van der Waals surface area contributed by atoms with Crippen LogP contribution in [0.25, 0.3) is 0 Å². The predicted octanol–water partition coefficient (Wildman–Crippen LogP) is 2.74. The maximum absolute atomic E-state index is 13.6. The monoisotopic (exact) mass is 364 g/mol. The lowest BCUT2D eigenvalue weighted by atomic mass is 9.89. The summed E-state index contributed by atoms with van der Waals surface area (Å²) in [6.45, 7) is 0.113. The Morgan fingerprint density at radius 2 is 1.73 bits per heavy atom. The largest absolute Gasteiger partial charge is 0.353 e. The van der Waals surface area contributed by atoms with E-state index in [9.17, 15) is 18.4 Å². The van der Waals surface area contributed by atoms with Gasteiger partial charge in [0.15, 0.2) is 0 Å². The van der Waals surface area contributed by atoms with Gasteiger partial charge in [0.1, 0.15) is 23.4 Å². The second kappa shape index (κ2) is 6.61. The number of carbonyl (C=O) groups is 2. The Morgan fingerprint density at radius 1 is 1.08 bits per heavy atom. The Balaban J connectivity index is 1.67. The first-order chi connectivity index (χ1) is 12.5. The third-order valence-electron chi connectivity index (χ3n) is 5.45. The molecule has 1 saturated heterocycles. The molecule has 4 rings (SSSR count). The molecule has 0 bridgehead atoms. The summed E-state index contributed by atoms with van der Waals surface area (Å²) >= 11 is 0. The van der Waals surface area contributed by atoms with Gasteiger partial charge in [0, 0.05) is 17.7 Å². The fourth-order valence-corrected chi connectivity index (χ4v) is 4.01. The third-order valence-corrected chi connectivity index (χ3v) is 5.45. The van der Waals surface area contributed by atoms with E-state index >= 15 is 0 Å². The van der Waals surface area contributed by atoms with E-state index in [1.165, 1.54) is 4.90 Å². The number of nitrogens with one attached hydrogen (secondary N) is 1. The van der Waals surface area contributed by atoms with Gasteiger partial charge in [-0.15, -0.1) is 0 Å². The Morgan fingerprint density at radius 3 is 2.35 bits per heavy atom. The average Bonchev–Trinajstić information content (AvgIpc) is 3.35. The summed E-state index contributed by atoms with van der Waals surface area (Å²) in [6.07, 6.45) is 5.95. The number of hydrogen-bond donors (Lipinski definition) is 1. The summed E-state index contributed by atoms with van der Waals surface area (Å²) < 4.78 is 33.2. The van der Waals surface area contributed by atoms with Gasteiger partial charge in [-0.1, -0.05) is 6.42 Å². The molecule has 26 heavy (non-hydrogen) atoms. The van der Waals surface area contributed by atoms with Crippen molar-refractivity contribution in [2.45, 2.75) is 62.8 Å². The van der Waals surface area contributed by atoms with Crippen molar-refractivity contribution in [2.24, 2.45) is 0 Å². The van der Waals surface area contributed by atoms with Crippen molar-refractivity contribution in [1.29, 1.82) is 0 Å². The molecule has 0 aromatic heterocycles. The van der Waals surface area contributed by atoms with Crippen LogP contribution in [0.5, 0.6) is 0 Å². The lowest BCUT2D eigenvalue weighted by Gasteiger charge is -2.41. The highest BCUT2D eigenvalue weighted by molar-refractivity contribution is 5.98. The van der Waals surface area contributed by atoms with E-state index in [1.54, 1.807) is 0 Å². The lowest BCUT2D eigenvalue weighted by molar-refractivity contribution is -0.127. The third kappa shape index (κ3) is 3.20. The Hall–Kier alpha value is -2.02. The molecule has 7 heteroatoms. The first kappa shape index (κ1) is 17.4. The van der Waals surface area contributed by atoms with Crippen molar-refractivity contribution in [1.82, 2.24) is 10.2 Å². The number of benzene rings is 1. The van der Waals surface area contributed by atoms with Crippen molar-refractivity contribution in [2.75, 3.05) is 6.61 Å². The van der Waals surface area contributed by atoms with Gasteiger partial charge < -0.3 is 10.1 Å². The van der Waals surface area contributed by atoms with Gasteiger partial charge in [-0.2, -0.15) is 0 Å². The van der Waals surface area contributed by atoms with Crippen LogP contribution in [-0.4, -0.2) is 41.1 Å². The van der Waals surface area contributed by atoms with E-state index in [-0.39, 0.29) is 24.1 Å². The zero-order valence-electron chi connectivity index (χ0n) is 14.5. The van der Waals surface area contributed by atoms with Gasteiger partial charge in [-0.05, 0) is 50.7 Å². The molecule has 3 aliphatic rings. The summed E-state index contributed by atoms with van der Waals surface area (Å²) in [7, 11) is 0. The zero-order chi connectivity index (χ0) is 18.3. The van der Waals surface area contributed by atoms with Crippen LogP contribution >= 0.6 is 0 Å². The number of nitrogens with zero attached hydrogens (tertiary/aromatic N) is 1. The second-order valence-corrected chi connectivity index (χ2v) is 7.45. The molecule has 2 aliphatic carbocycles. The smallest absolute Gasteiger partial charge is 0.257 e. The summed E-state index contributed by atoms with van der Waals surface area (Å²) in [4.78, 5) is 27.3. The molecular weight excluding hydrogens is 342 g/mol. The molecule has 0 unspecified atom stereocenters. The van der Waals surface area contributed by atoms with Gasteiger partial charge in [0.25, 0.3) is 5.91 Å². The van der Waals surface area contributed by atoms with E-state index in [1.807, 2.05) is 0 Å². The highest BCUT2D eigenvalue weighted by Crippen LogP contribution is 2.41. The molecule has 5 nitrogen and oxygen atoms in total. The Bertz CT molecular complexity index is 709. The summed E-state index contributed by atoms with van der Waals surface area (Å²) in [6, 6.07) is 2.14. The number of halogens is 2. The van der Waals surface area contributed by atoms with Crippen molar-refractivity contribution < 1.29 is 23.1 Å². The van der Waals surface area contributed by atoms with Crippen molar-refractivity contribution >= 4 is 11.8 Å².